The van der Waals surface area contributed by atoms with Crippen molar-refractivity contribution in [1.82, 2.24) is 0 Å². The summed E-state index contributed by atoms with van der Waals surface area (Å²) in [5, 5.41) is 0. The van der Waals surface area contributed by atoms with Gasteiger partial charge in [0.25, 0.3) is 0 Å². The van der Waals surface area contributed by atoms with E-state index in [0.717, 1.165) is 70.0 Å². The van der Waals surface area contributed by atoms with Crippen molar-refractivity contribution < 1.29 is 23.7 Å². The summed E-state index contributed by atoms with van der Waals surface area (Å²) in [6.45, 7) is 14.2. The first-order valence-corrected chi connectivity index (χ1v) is 16.6. The number of hydrogen-bond acceptors (Lipinski definition) is 6. The number of rotatable bonds is 20. The van der Waals surface area contributed by atoms with Gasteiger partial charge >= 0.3 is 0 Å². The normalized spacial score (nSPS) is 23.1. The van der Waals surface area contributed by atoms with Crippen LogP contribution in [0.2, 0.25) is 0 Å². The van der Waals surface area contributed by atoms with Crippen molar-refractivity contribution in [1.29, 1.82) is 0 Å². The highest BCUT2D eigenvalue weighted by atomic mass is 32.1. The number of benzene rings is 1. The van der Waals surface area contributed by atoms with Gasteiger partial charge in [0.1, 0.15) is 30.5 Å². The predicted octanol–water partition coefficient (Wildman–Crippen LogP) is 8.46. The van der Waals surface area contributed by atoms with Gasteiger partial charge in [0, 0.05) is 42.6 Å². The molecular weight excluding hydrogens is 520 g/mol. The van der Waals surface area contributed by atoms with Gasteiger partial charge in [-0.3, -0.25) is 0 Å². The molecule has 2 heterocycles. The quantitative estimate of drug-likeness (QED) is 0.148. The van der Waals surface area contributed by atoms with Crippen LogP contribution in [-0.4, -0.2) is 57.5 Å². The maximum absolute atomic E-state index is 6.93. The second-order valence-corrected chi connectivity index (χ2v) is 12.4. The Morgan fingerprint density at radius 2 is 1.35 bits per heavy atom. The van der Waals surface area contributed by atoms with Crippen LogP contribution in [0.4, 0.5) is 0 Å². The molecular formula is C34H54O5S. The van der Waals surface area contributed by atoms with Crippen LogP contribution < -0.4 is 0 Å². The van der Waals surface area contributed by atoms with E-state index in [1.54, 1.807) is 0 Å². The molecule has 226 valence electrons. The third-order valence-corrected chi connectivity index (χ3v) is 8.44. The monoisotopic (exact) mass is 574 g/mol. The Labute approximate surface area is 247 Å². The summed E-state index contributed by atoms with van der Waals surface area (Å²) in [5.41, 5.74) is 2.43. The minimum absolute atomic E-state index is 0.220. The maximum atomic E-state index is 6.93. The van der Waals surface area contributed by atoms with Crippen molar-refractivity contribution in [2.45, 2.75) is 123 Å². The summed E-state index contributed by atoms with van der Waals surface area (Å²) in [5.74, 6) is 0. The Balaban J connectivity index is 1.93. The molecule has 0 aliphatic carbocycles. The van der Waals surface area contributed by atoms with Gasteiger partial charge in [-0.15, -0.1) is 11.3 Å². The van der Waals surface area contributed by atoms with Crippen LogP contribution in [0, 0.1) is 6.92 Å². The molecule has 1 fully saturated rings. The number of thiophene rings is 1. The van der Waals surface area contributed by atoms with Crippen molar-refractivity contribution in [3.05, 3.63) is 57.3 Å². The van der Waals surface area contributed by atoms with E-state index in [-0.39, 0.29) is 30.5 Å². The second-order valence-electron chi connectivity index (χ2n) is 11.0. The molecule has 0 spiro atoms. The highest BCUT2D eigenvalue weighted by Crippen LogP contribution is 2.38. The Kier molecular flexibility index (Phi) is 15.8. The van der Waals surface area contributed by atoms with Crippen molar-refractivity contribution in [2.24, 2.45) is 0 Å². The highest BCUT2D eigenvalue weighted by molar-refractivity contribution is 7.11. The van der Waals surface area contributed by atoms with Crippen LogP contribution in [-0.2, 0) is 30.1 Å². The molecule has 0 N–H and O–H groups in total. The summed E-state index contributed by atoms with van der Waals surface area (Å²) in [4.78, 5) is 2.72. The van der Waals surface area contributed by atoms with Crippen LogP contribution in [0.5, 0.6) is 0 Å². The van der Waals surface area contributed by atoms with Gasteiger partial charge in [-0.25, -0.2) is 0 Å². The molecule has 3 rings (SSSR count). The molecule has 6 heteroatoms. The fourth-order valence-corrected chi connectivity index (χ4v) is 6.01. The first-order chi connectivity index (χ1) is 19.6. The fraction of sp³-hybridized carbons (Fsp3) is 0.706. The minimum atomic E-state index is -0.251. The van der Waals surface area contributed by atoms with Crippen LogP contribution in [0.15, 0.2) is 36.4 Å². The molecule has 5 nitrogen and oxygen atoms in total. The molecule has 2 unspecified atom stereocenters. The summed E-state index contributed by atoms with van der Waals surface area (Å²) in [6, 6.07) is 13.3. The third kappa shape index (κ3) is 10.5. The molecule has 0 bridgehead atoms. The molecule has 1 saturated heterocycles. The van der Waals surface area contributed by atoms with E-state index >= 15 is 0 Å². The number of ether oxygens (including phenoxy) is 5. The summed E-state index contributed by atoms with van der Waals surface area (Å²) in [6.07, 6.45) is 8.18. The lowest BCUT2D eigenvalue weighted by atomic mass is 9.89. The van der Waals surface area contributed by atoms with Gasteiger partial charge in [0.05, 0.1) is 6.61 Å². The van der Waals surface area contributed by atoms with E-state index in [1.807, 2.05) is 11.3 Å². The smallest absolute Gasteiger partial charge is 0.117 e. The van der Waals surface area contributed by atoms with E-state index in [2.05, 4.69) is 71.0 Å². The van der Waals surface area contributed by atoms with Gasteiger partial charge in [-0.1, -0.05) is 77.6 Å². The zero-order valence-electron chi connectivity index (χ0n) is 25.7. The largest absolute Gasteiger partial charge is 0.379 e. The predicted molar refractivity (Wildman–Crippen MR) is 166 cm³/mol. The van der Waals surface area contributed by atoms with Crippen LogP contribution in [0.25, 0.3) is 0 Å². The van der Waals surface area contributed by atoms with Crippen molar-refractivity contribution in [2.75, 3.05) is 33.0 Å². The first kappa shape index (κ1) is 33.2. The van der Waals surface area contributed by atoms with Gasteiger partial charge in [-0.05, 0) is 55.9 Å². The van der Waals surface area contributed by atoms with Crippen LogP contribution in [0.1, 0.15) is 106 Å². The minimum Gasteiger partial charge on any atom is -0.379 e. The van der Waals surface area contributed by atoms with Crippen molar-refractivity contribution in [3.63, 3.8) is 0 Å². The molecule has 40 heavy (non-hydrogen) atoms. The average molecular weight is 575 g/mol. The lowest BCUT2D eigenvalue weighted by Gasteiger charge is -2.46. The SMILES string of the molecule is CCCCOCC1O[C@@H](c2cccc(Cc3ccc(C)s3)c2)[C@H](OCCCC)C(OCCCC)[C@@H]1OCCCC. The third-order valence-electron chi connectivity index (χ3n) is 7.44. The Hall–Kier alpha value is -1.28. The molecule has 5 atom stereocenters. The molecule has 1 aromatic heterocycles. The molecule has 2 aromatic rings. The van der Waals surface area contributed by atoms with E-state index in [0.29, 0.717) is 26.4 Å². The molecule has 1 aliphatic heterocycles. The summed E-state index contributed by atoms with van der Waals surface area (Å²) >= 11 is 1.86. The Bertz CT molecular complexity index is 931. The zero-order valence-corrected chi connectivity index (χ0v) is 26.5. The maximum Gasteiger partial charge on any atom is 0.117 e. The van der Waals surface area contributed by atoms with Crippen LogP contribution in [0.3, 0.4) is 0 Å². The van der Waals surface area contributed by atoms with E-state index in [4.69, 9.17) is 23.7 Å². The highest BCUT2D eigenvalue weighted by Gasteiger charge is 2.48. The van der Waals surface area contributed by atoms with Crippen LogP contribution >= 0.6 is 11.3 Å². The topological polar surface area (TPSA) is 46.2 Å². The van der Waals surface area contributed by atoms with E-state index in [1.165, 1.54) is 15.3 Å². The zero-order chi connectivity index (χ0) is 28.6. The van der Waals surface area contributed by atoms with Crippen molar-refractivity contribution >= 4 is 11.3 Å². The summed E-state index contributed by atoms with van der Waals surface area (Å²) in [7, 11) is 0. The van der Waals surface area contributed by atoms with Gasteiger partial charge in [-0.2, -0.15) is 0 Å². The molecule has 0 saturated carbocycles. The lowest BCUT2D eigenvalue weighted by Crippen LogP contribution is -2.58. The Morgan fingerprint density at radius 3 is 1.98 bits per heavy atom. The Morgan fingerprint density at radius 1 is 0.725 bits per heavy atom. The molecule has 0 amide bonds. The van der Waals surface area contributed by atoms with E-state index in [9.17, 15) is 0 Å². The number of unbranched alkanes of at least 4 members (excludes halogenated alkanes) is 4. The lowest BCUT2D eigenvalue weighted by molar-refractivity contribution is -0.268. The van der Waals surface area contributed by atoms with Gasteiger partial charge < -0.3 is 23.7 Å². The number of hydrogen-bond donors (Lipinski definition) is 0. The number of aryl methyl sites for hydroxylation is 1. The first-order valence-electron chi connectivity index (χ1n) is 15.8. The van der Waals surface area contributed by atoms with E-state index < -0.39 is 0 Å². The molecule has 0 radical (unpaired) electrons. The standard InChI is InChI=1S/C34H54O5S/c1-6-10-19-35-25-30-32(36-20-11-7-2)34(38-22-13-9-4)33(37-21-12-8-3)31(39-30)28-16-14-15-27(23-28)24-29-18-17-26(5)40-29/h14-18,23,30-34H,6-13,19-22,24-25H2,1-5H3/t30?,31-,32+,33-,34?/m0/s1. The summed E-state index contributed by atoms with van der Waals surface area (Å²) < 4.78 is 33.0. The second kappa shape index (κ2) is 19.0. The van der Waals surface area contributed by atoms with Gasteiger partial charge in [0.15, 0.2) is 0 Å². The molecule has 1 aliphatic rings. The van der Waals surface area contributed by atoms with Crippen molar-refractivity contribution in [3.8, 4) is 0 Å². The average Bonchev–Trinajstić information content (AvgIpc) is 3.37. The fourth-order valence-electron chi connectivity index (χ4n) is 5.09. The molecule has 1 aromatic carbocycles. The van der Waals surface area contributed by atoms with Gasteiger partial charge in [0.2, 0.25) is 0 Å².